The lowest BCUT2D eigenvalue weighted by atomic mass is 10.1. The molecule has 0 bridgehead atoms. The summed E-state index contributed by atoms with van der Waals surface area (Å²) in [4.78, 5) is 29.3. The van der Waals surface area contributed by atoms with Crippen LogP contribution < -0.4 is 0 Å². The Morgan fingerprint density at radius 3 is 2.15 bits per heavy atom. The van der Waals surface area contributed by atoms with Gasteiger partial charge in [-0.15, -0.1) is 0 Å². The number of halogens is 3. The predicted octanol–water partition coefficient (Wildman–Crippen LogP) is 4.59. The first-order chi connectivity index (χ1) is 15.7. The van der Waals surface area contributed by atoms with Crippen molar-refractivity contribution >= 4 is 35.0 Å². The van der Waals surface area contributed by atoms with Gasteiger partial charge in [-0.25, -0.2) is 9.07 Å². The van der Waals surface area contributed by atoms with Crippen molar-refractivity contribution in [2.75, 3.05) is 26.2 Å². The highest BCUT2D eigenvalue weighted by Gasteiger charge is 2.30. The Bertz CT molecular complexity index is 1200. The summed E-state index contributed by atoms with van der Waals surface area (Å²) in [5, 5.41) is 4.84. The third-order valence-electron chi connectivity index (χ3n) is 5.75. The van der Waals surface area contributed by atoms with Gasteiger partial charge in [0.1, 0.15) is 11.0 Å². The van der Waals surface area contributed by atoms with Crippen LogP contribution in [0.2, 0.25) is 10.2 Å². The van der Waals surface area contributed by atoms with Gasteiger partial charge in [-0.1, -0.05) is 53.0 Å². The molecule has 0 unspecified atom stereocenters. The fourth-order valence-electron chi connectivity index (χ4n) is 3.87. The number of hydrogen-bond acceptors (Lipinski definition) is 3. The van der Waals surface area contributed by atoms with Crippen LogP contribution in [0.25, 0.3) is 0 Å². The van der Waals surface area contributed by atoms with E-state index in [2.05, 4.69) is 5.10 Å². The summed E-state index contributed by atoms with van der Waals surface area (Å²) >= 11 is 12.6. The summed E-state index contributed by atoms with van der Waals surface area (Å²) in [6.07, 6.45) is 0. The molecule has 0 radical (unpaired) electrons. The van der Waals surface area contributed by atoms with Gasteiger partial charge >= 0.3 is 0 Å². The van der Waals surface area contributed by atoms with Crippen molar-refractivity contribution in [3.8, 4) is 0 Å². The summed E-state index contributed by atoms with van der Waals surface area (Å²) in [7, 11) is 0. The summed E-state index contributed by atoms with van der Waals surface area (Å²) in [6.45, 7) is 5.63. The topological polar surface area (TPSA) is 58.4 Å². The molecule has 3 aromatic rings. The van der Waals surface area contributed by atoms with Gasteiger partial charge in [-0.3, -0.25) is 9.59 Å². The summed E-state index contributed by atoms with van der Waals surface area (Å²) in [5.41, 5.74) is 3.39. The number of aromatic nitrogens is 2. The number of benzene rings is 2. The molecule has 0 N–H and O–H groups in total. The van der Waals surface area contributed by atoms with Crippen molar-refractivity contribution < 1.29 is 14.0 Å². The van der Waals surface area contributed by atoms with Gasteiger partial charge in [-0.2, -0.15) is 5.10 Å². The highest BCUT2D eigenvalue weighted by atomic mass is 35.5. The molecule has 2 heterocycles. The van der Waals surface area contributed by atoms with Gasteiger partial charge in [0.2, 0.25) is 0 Å². The molecule has 0 spiro atoms. The van der Waals surface area contributed by atoms with E-state index in [0.717, 1.165) is 17.2 Å². The van der Waals surface area contributed by atoms with E-state index in [4.69, 9.17) is 23.2 Å². The number of nitrogens with zero attached hydrogens (tertiary/aromatic N) is 4. The lowest BCUT2D eigenvalue weighted by molar-refractivity contribution is 0.0535. The van der Waals surface area contributed by atoms with Crippen molar-refractivity contribution in [2.45, 2.75) is 20.4 Å². The van der Waals surface area contributed by atoms with Crippen LogP contribution in [0.3, 0.4) is 0 Å². The average Bonchev–Trinajstić information content (AvgIpc) is 3.07. The average molecular weight is 489 g/mol. The number of rotatable bonds is 4. The van der Waals surface area contributed by atoms with Crippen LogP contribution in [0.1, 0.15) is 37.5 Å². The molecule has 33 heavy (non-hydrogen) atoms. The largest absolute Gasteiger partial charge is 0.335 e. The van der Waals surface area contributed by atoms with Gasteiger partial charge < -0.3 is 9.80 Å². The van der Waals surface area contributed by atoms with Crippen LogP contribution in [0.15, 0.2) is 42.5 Å². The molecule has 1 aromatic heterocycles. The van der Waals surface area contributed by atoms with E-state index in [-0.39, 0.29) is 22.4 Å². The van der Waals surface area contributed by atoms with E-state index in [9.17, 15) is 14.0 Å². The van der Waals surface area contributed by atoms with Crippen molar-refractivity contribution in [1.29, 1.82) is 0 Å². The monoisotopic (exact) mass is 488 g/mol. The highest BCUT2D eigenvalue weighted by Crippen LogP contribution is 2.24. The Labute approximate surface area is 201 Å². The third kappa shape index (κ3) is 4.89. The van der Waals surface area contributed by atoms with Crippen LogP contribution >= 0.6 is 23.2 Å². The maximum Gasteiger partial charge on any atom is 0.259 e. The number of carbonyl (C=O) groups excluding carboxylic acids is 2. The fraction of sp³-hybridized carbons (Fsp3) is 0.292. The molecule has 1 aliphatic rings. The number of piperazine rings is 1. The maximum atomic E-state index is 13.3. The third-order valence-corrected chi connectivity index (χ3v) is 6.44. The second-order valence-electron chi connectivity index (χ2n) is 8.10. The number of amides is 2. The zero-order valence-electron chi connectivity index (χ0n) is 18.3. The number of aryl methyl sites for hydroxylation is 2. The first-order valence-electron chi connectivity index (χ1n) is 10.6. The molecular formula is C24H23Cl2FN4O2. The molecule has 6 nitrogen and oxygen atoms in total. The molecule has 1 fully saturated rings. The Morgan fingerprint density at radius 2 is 1.55 bits per heavy atom. The molecule has 9 heteroatoms. The van der Waals surface area contributed by atoms with E-state index in [0.29, 0.717) is 49.1 Å². The minimum Gasteiger partial charge on any atom is -0.335 e. The van der Waals surface area contributed by atoms with Crippen LogP contribution in [0.4, 0.5) is 4.39 Å². The molecule has 0 aliphatic carbocycles. The summed E-state index contributed by atoms with van der Waals surface area (Å²) in [5.74, 6) is -0.992. The second kappa shape index (κ2) is 9.53. The first-order valence-corrected chi connectivity index (χ1v) is 11.3. The maximum absolute atomic E-state index is 13.3. The smallest absolute Gasteiger partial charge is 0.259 e. The van der Waals surface area contributed by atoms with Crippen molar-refractivity contribution in [1.82, 2.24) is 19.6 Å². The quantitative estimate of drug-likeness (QED) is 0.539. The molecule has 0 saturated carbocycles. The van der Waals surface area contributed by atoms with Gasteiger partial charge in [0.25, 0.3) is 11.8 Å². The van der Waals surface area contributed by atoms with Crippen LogP contribution in [0, 0.1) is 19.7 Å². The van der Waals surface area contributed by atoms with Crippen LogP contribution in [0.5, 0.6) is 0 Å². The van der Waals surface area contributed by atoms with Gasteiger partial charge in [-0.05, 0) is 37.6 Å². The lowest BCUT2D eigenvalue weighted by Gasteiger charge is -2.35. The van der Waals surface area contributed by atoms with E-state index in [1.54, 1.807) is 21.4 Å². The molecule has 2 amide bonds. The highest BCUT2D eigenvalue weighted by molar-refractivity contribution is 6.34. The molecule has 1 saturated heterocycles. The lowest BCUT2D eigenvalue weighted by Crippen LogP contribution is -2.50. The Hall–Kier alpha value is -2.90. The normalized spacial score (nSPS) is 14.0. The Kier molecular flexibility index (Phi) is 6.72. The second-order valence-corrected chi connectivity index (χ2v) is 8.87. The van der Waals surface area contributed by atoms with Crippen molar-refractivity contribution in [3.05, 3.63) is 86.4 Å². The number of hydrogen-bond donors (Lipinski definition) is 0. The molecule has 1 aliphatic heterocycles. The molecule has 0 atom stereocenters. The molecule has 2 aromatic carbocycles. The van der Waals surface area contributed by atoms with Gasteiger partial charge in [0.15, 0.2) is 0 Å². The number of carbonyl (C=O) groups is 2. The van der Waals surface area contributed by atoms with E-state index >= 15 is 0 Å². The molecule has 172 valence electrons. The standard InChI is InChI=1S/C24H23Cl2FN4O2/c1-15-3-5-17(6-4-15)14-31-22(26)21(16(2)28-31)24(33)30-11-9-29(10-12-30)23(32)19-8-7-18(27)13-20(19)25/h3-8,13H,9-12,14H2,1-2H3. The van der Waals surface area contributed by atoms with Crippen LogP contribution in [-0.2, 0) is 6.54 Å². The van der Waals surface area contributed by atoms with Crippen molar-refractivity contribution in [3.63, 3.8) is 0 Å². The van der Waals surface area contributed by atoms with E-state index in [1.165, 1.54) is 12.1 Å². The molecule has 4 rings (SSSR count). The summed E-state index contributed by atoms with van der Waals surface area (Å²) in [6, 6.07) is 11.8. The minimum atomic E-state index is -0.498. The van der Waals surface area contributed by atoms with Crippen LogP contribution in [-0.4, -0.2) is 57.6 Å². The predicted molar refractivity (Wildman–Crippen MR) is 125 cm³/mol. The van der Waals surface area contributed by atoms with Gasteiger partial charge in [0.05, 0.1) is 28.4 Å². The minimum absolute atomic E-state index is 0.0712. The molecular weight excluding hydrogens is 466 g/mol. The SMILES string of the molecule is Cc1ccc(Cn2nc(C)c(C(=O)N3CCN(C(=O)c4ccc(F)cc4Cl)CC3)c2Cl)cc1. The Balaban J connectivity index is 1.44. The zero-order chi connectivity index (χ0) is 23.7. The van der Waals surface area contributed by atoms with Crippen molar-refractivity contribution in [2.24, 2.45) is 0 Å². The summed E-state index contributed by atoms with van der Waals surface area (Å²) < 4.78 is 14.9. The fourth-order valence-corrected chi connectivity index (χ4v) is 4.43. The zero-order valence-corrected chi connectivity index (χ0v) is 19.8. The van der Waals surface area contributed by atoms with E-state index in [1.807, 2.05) is 31.2 Å². The Morgan fingerprint density at radius 1 is 0.939 bits per heavy atom. The first kappa shape index (κ1) is 23.3. The van der Waals surface area contributed by atoms with Gasteiger partial charge in [0, 0.05) is 26.2 Å². The van der Waals surface area contributed by atoms with E-state index < -0.39 is 5.82 Å².